The first-order valence-electron chi connectivity index (χ1n) is 6.41. The molecule has 2 aliphatic carbocycles. The van der Waals surface area contributed by atoms with Gasteiger partial charge in [-0.3, -0.25) is 0 Å². The van der Waals surface area contributed by atoms with Crippen LogP contribution in [0.5, 0.6) is 0 Å². The van der Waals surface area contributed by atoms with Crippen molar-refractivity contribution in [1.29, 1.82) is 0 Å². The molecule has 2 atom stereocenters. The van der Waals surface area contributed by atoms with Crippen LogP contribution < -0.4 is 10.6 Å². The van der Waals surface area contributed by atoms with Crippen LogP contribution in [0.4, 0.5) is 0 Å². The van der Waals surface area contributed by atoms with Gasteiger partial charge >= 0.3 is 0 Å². The average Bonchev–Trinajstić information content (AvgIpc) is 3.08. The van der Waals surface area contributed by atoms with Gasteiger partial charge in [-0.05, 0) is 43.4 Å². The topological polar surface area (TPSA) is 44.3 Å². The van der Waals surface area contributed by atoms with Crippen molar-refractivity contribution in [2.24, 2.45) is 11.3 Å². The molecule has 2 unspecified atom stereocenters. The van der Waals surface area contributed by atoms with E-state index in [0.29, 0.717) is 11.5 Å². The summed E-state index contributed by atoms with van der Waals surface area (Å²) in [6.45, 7) is 3.03. The molecule has 0 amide bonds. The molecule has 0 radical (unpaired) electrons. The van der Waals surface area contributed by atoms with E-state index >= 15 is 0 Å². The van der Waals surface area contributed by atoms with Crippen molar-refractivity contribution >= 4 is 0 Å². The third-order valence-corrected chi connectivity index (χ3v) is 4.40. The van der Waals surface area contributed by atoms with E-state index in [1.807, 2.05) is 0 Å². The van der Waals surface area contributed by atoms with E-state index in [2.05, 4.69) is 10.6 Å². The van der Waals surface area contributed by atoms with Crippen molar-refractivity contribution in [3.8, 4) is 0 Å². The van der Waals surface area contributed by atoms with E-state index in [4.69, 9.17) is 0 Å². The molecule has 1 saturated heterocycles. The van der Waals surface area contributed by atoms with Crippen LogP contribution >= 0.6 is 0 Å². The van der Waals surface area contributed by atoms with Crippen molar-refractivity contribution in [2.45, 2.75) is 44.2 Å². The number of β-amino-alcohol motifs (C(OH)–C–C–N with tert-alkyl or cyclic N) is 1. The lowest BCUT2D eigenvalue weighted by atomic mass is 10.0. The van der Waals surface area contributed by atoms with Crippen molar-refractivity contribution < 1.29 is 5.11 Å². The summed E-state index contributed by atoms with van der Waals surface area (Å²) < 4.78 is 0. The summed E-state index contributed by atoms with van der Waals surface area (Å²) in [5, 5.41) is 16.3. The Kier molecular flexibility index (Phi) is 2.49. The Bertz CT molecular complexity index is 236. The number of aliphatic hydroxyl groups excluding tert-OH is 1. The number of hydrogen-bond donors (Lipinski definition) is 3. The molecule has 0 aromatic rings. The largest absolute Gasteiger partial charge is 0.392 e. The van der Waals surface area contributed by atoms with Gasteiger partial charge in [0.1, 0.15) is 0 Å². The molecule has 3 heteroatoms. The van der Waals surface area contributed by atoms with Crippen LogP contribution in [0.15, 0.2) is 0 Å². The Labute approximate surface area is 91.6 Å². The number of aliphatic hydroxyl groups is 1. The second kappa shape index (κ2) is 3.72. The van der Waals surface area contributed by atoms with Gasteiger partial charge in [0.25, 0.3) is 0 Å². The molecule has 0 bridgehead atoms. The summed E-state index contributed by atoms with van der Waals surface area (Å²) in [7, 11) is 0. The third-order valence-electron chi connectivity index (χ3n) is 4.40. The van der Waals surface area contributed by atoms with Crippen molar-refractivity contribution in [2.75, 3.05) is 19.6 Å². The van der Waals surface area contributed by atoms with E-state index in [9.17, 15) is 5.11 Å². The van der Waals surface area contributed by atoms with E-state index in [0.717, 1.165) is 25.4 Å². The van der Waals surface area contributed by atoms with Crippen LogP contribution in [0.2, 0.25) is 0 Å². The molecular weight excluding hydrogens is 188 g/mol. The lowest BCUT2D eigenvalue weighted by Gasteiger charge is -2.17. The van der Waals surface area contributed by atoms with E-state index in [1.165, 1.54) is 32.2 Å². The van der Waals surface area contributed by atoms with E-state index < -0.39 is 0 Å². The maximum atomic E-state index is 9.38. The molecule has 3 N–H and O–H groups in total. The summed E-state index contributed by atoms with van der Waals surface area (Å²) in [5.41, 5.74) is 0.706. The summed E-state index contributed by atoms with van der Waals surface area (Å²) in [6, 6.07) is 0.495. The second-order valence-electron chi connectivity index (χ2n) is 5.76. The fraction of sp³-hybridized carbons (Fsp3) is 1.00. The van der Waals surface area contributed by atoms with Gasteiger partial charge in [0.15, 0.2) is 0 Å². The van der Waals surface area contributed by atoms with Gasteiger partial charge in [-0.2, -0.15) is 0 Å². The Balaban J connectivity index is 1.36. The highest BCUT2D eigenvalue weighted by molar-refractivity contribution is 5.05. The Morgan fingerprint density at radius 1 is 1.33 bits per heavy atom. The predicted octanol–water partition coefficient (Wildman–Crippen LogP) is 0.489. The molecule has 0 aromatic heterocycles. The molecule has 0 spiro atoms. The van der Waals surface area contributed by atoms with Crippen LogP contribution in [0.1, 0.15) is 32.1 Å². The molecule has 0 aromatic carbocycles. The lowest BCUT2D eigenvalue weighted by molar-refractivity contribution is 0.193. The molecule has 2 saturated carbocycles. The minimum Gasteiger partial charge on any atom is -0.392 e. The summed E-state index contributed by atoms with van der Waals surface area (Å²) in [4.78, 5) is 0. The van der Waals surface area contributed by atoms with Crippen LogP contribution in [0.3, 0.4) is 0 Å². The quantitative estimate of drug-likeness (QED) is 0.619. The highest BCUT2D eigenvalue weighted by Gasteiger charge is 2.53. The highest BCUT2D eigenvalue weighted by atomic mass is 16.3. The monoisotopic (exact) mass is 210 g/mol. The van der Waals surface area contributed by atoms with Crippen LogP contribution in [-0.2, 0) is 0 Å². The predicted molar refractivity (Wildman–Crippen MR) is 59.7 cm³/mol. The normalized spacial score (nSPS) is 38.2. The first-order valence-corrected chi connectivity index (χ1v) is 6.41. The molecule has 15 heavy (non-hydrogen) atoms. The summed E-state index contributed by atoms with van der Waals surface area (Å²) >= 11 is 0. The maximum absolute atomic E-state index is 9.38. The van der Waals surface area contributed by atoms with E-state index in [1.54, 1.807) is 0 Å². The molecule has 3 nitrogen and oxygen atoms in total. The van der Waals surface area contributed by atoms with Gasteiger partial charge in [0.05, 0.1) is 6.10 Å². The SMILES string of the molecule is OC1CNC(CNCC2(C3CC3)CC2)C1. The van der Waals surface area contributed by atoms with Crippen molar-refractivity contribution in [3.05, 3.63) is 0 Å². The Morgan fingerprint density at radius 3 is 2.67 bits per heavy atom. The molecule has 3 aliphatic rings. The van der Waals surface area contributed by atoms with Gasteiger partial charge in [-0.25, -0.2) is 0 Å². The van der Waals surface area contributed by atoms with Crippen LogP contribution in [0.25, 0.3) is 0 Å². The van der Waals surface area contributed by atoms with Crippen molar-refractivity contribution in [1.82, 2.24) is 10.6 Å². The minimum atomic E-state index is -0.116. The molecule has 1 aliphatic heterocycles. The third kappa shape index (κ3) is 2.19. The number of rotatable bonds is 5. The lowest BCUT2D eigenvalue weighted by Crippen LogP contribution is -2.37. The zero-order valence-electron chi connectivity index (χ0n) is 9.34. The van der Waals surface area contributed by atoms with Crippen LogP contribution in [-0.4, -0.2) is 36.9 Å². The highest BCUT2D eigenvalue weighted by Crippen LogP contribution is 2.60. The number of nitrogens with one attached hydrogen (secondary N) is 2. The molecule has 1 heterocycles. The summed E-state index contributed by atoms with van der Waals surface area (Å²) in [5.74, 6) is 1.05. The Morgan fingerprint density at radius 2 is 2.13 bits per heavy atom. The maximum Gasteiger partial charge on any atom is 0.0680 e. The van der Waals surface area contributed by atoms with Gasteiger partial charge in [-0.1, -0.05) is 0 Å². The number of hydrogen-bond acceptors (Lipinski definition) is 3. The first kappa shape index (κ1) is 10.1. The second-order valence-corrected chi connectivity index (χ2v) is 5.76. The zero-order chi connectivity index (χ0) is 10.3. The minimum absolute atomic E-state index is 0.116. The van der Waals surface area contributed by atoms with Gasteiger partial charge in [0.2, 0.25) is 0 Å². The average molecular weight is 210 g/mol. The first-order chi connectivity index (χ1) is 7.28. The fourth-order valence-corrected chi connectivity index (χ4v) is 3.03. The summed E-state index contributed by atoms with van der Waals surface area (Å²) in [6.07, 6.45) is 6.65. The molecule has 86 valence electrons. The van der Waals surface area contributed by atoms with E-state index in [-0.39, 0.29) is 6.10 Å². The van der Waals surface area contributed by atoms with Crippen molar-refractivity contribution in [3.63, 3.8) is 0 Å². The standard InChI is InChI=1S/C12H22N2O/c15-11-5-10(14-7-11)6-13-8-12(3-4-12)9-1-2-9/h9-11,13-15H,1-8H2. The molecule has 3 rings (SSSR count). The van der Waals surface area contributed by atoms with Gasteiger partial charge in [0, 0.05) is 25.7 Å². The zero-order valence-corrected chi connectivity index (χ0v) is 9.34. The fourth-order valence-electron chi connectivity index (χ4n) is 3.03. The molecule has 3 fully saturated rings. The smallest absolute Gasteiger partial charge is 0.0680 e. The van der Waals surface area contributed by atoms with Crippen LogP contribution in [0, 0.1) is 11.3 Å². The van der Waals surface area contributed by atoms with Gasteiger partial charge in [-0.15, -0.1) is 0 Å². The molecular formula is C12H22N2O. The Hall–Kier alpha value is -0.120. The van der Waals surface area contributed by atoms with Gasteiger partial charge < -0.3 is 15.7 Å².